The molecule has 1 spiro atoms. The molecule has 1 N–H and O–H groups in total. The fourth-order valence-corrected chi connectivity index (χ4v) is 4.19. The van der Waals surface area contributed by atoms with Crippen LogP contribution in [-0.2, 0) is 0 Å². The summed E-state index contributed by atoms with van der Waals surface area (Å²) < 4.78 is 0. The normalized spacial score (nSPS) is 49.0. The van der Waals surface area contributed by atoms with Gasteiger partial charge in [-0.25, -0.2) is 0 Å². The summed E-state index contributed by atoms with van der Waals surface area (Å²) in [5, 5.41) is 7.53. The maximum atomic E-state index is 8.39. The summed E-state index contributed by atoms with van der Waals surface area (Å²) in [6.45, 7) is 3.54. The van der Waals surface area contributed by atoms with E-state index in [1.54, 1.807) is 0 Å². The van der Waals surface area contributed by atoms with E-state index in [-0.39, 0.29) is 0 Å². The van der Waals surface area contributed by atoms with Crippen molar-refractivity contribution in [3.8, 4) is 0 Å². The lowest BCUT2D eigenvalue weighted by atomic mass is 9.48. The van der Waals surface area contributed by atoms with Gasteiger partial charge < -0.3 is 5.32 Å². The Morgan fingerprint density at radius 1 is 1.24 bits per heavy atom. The first-order valence-electron chi connectivity index (χ1n) is 6.98. The van der Waals surface area contributed by atoms with Crippen LogP contribution in [0.5, 0.6) is 0 Å². The van der Waals surface area contributed by atoms with E-state index in [1.807, 2.05) is 0 Å². The van der Waals surface area contributed by atoms with Crippen LogP contribution in [0.1, 0.15) is 45.4 Å². The van der Waals surface area contributed by atoms with E-state index in [2.05, 4.69) is 22.3 Å². The van der Waals surface area contributed by atoms with Crippen LogP contribution in [0, 0.1) is 17.3 Å². The van der Waals surface area contributed by atoms with Gasteiger partial charge in [0.25, 0.3) is 0 Å². The predicted molar refractivity (Wildman–Crippen MR) is 67.5 cm³/mol. The van der Waals surface area contributed by atoms with E-state index in [0.717, 1.165) is 30.7 Å². The first-order valence-corrected chi connectivity index (χ1v) is 6.98. The highest BCUT2D eigenvalue weighted by molar-refractivity contribution is 5.08. The SMILES string of the molecule is CC1CCC(C2CC3(CC(N=[N+]=[N-])C3)C2)NC1. The van der Waals surface area contributed by atoms with Crippen molar-refractivity contribution >= 4 is 0 Å². The molecule has 94 valence electrons. The van der Waals surface area contributed by atoms with E-state index in [4.69, 9.17) is 5.53 Å². The van der Waals surface area contributed by atoms with E-state index in [1.165, 1.54) is 32.2 Å². The van der Waals surface area contributed by atoms with Gasteiger partial charge in [0.2, 0.25) is 0 Å². The van der Waals surface area contributed by atoms with Gasteiger partial charge in [-0.1, -0.05) is 12.0 Å². The molecule has 0 radical (unpaired) electrons. The Labute approximate surface area is 103 Å². The van der Waals surface area contributed by atoms with Crippen LogP contribution in [0.2, 0.25) is 0 Å². The first-order chi connectivity index (χ1) is 8.21. The fourth-order valence-electron chi connectivity index (χ4n) is 4.19. The van der Waals surface area contributed by atoms with Crippen LogP contribution in [0.4, 0.5) is 0 Å². The van der Waals surface area contributed by atoms with E-state index in [9.17, 15) is 0 Å². The van der Waals surface area contributed by atoms with Crippen LogP contribution in [-0.4, -0.2) is 18.6 Å². The van der Waals surface area contributed by atoms with Crippen molar-refractivity contribution in [3.05, 3.63) is 10.4 Å². The van der Waals surface area contributed by atoms with Gasteiger partial charge in [0.1, 0.15) is 0 Å². The summed E-state index contributed by atoms with van der Waals surface area (Å²) in [4.78, 5) is 2.91. The lowest BCUT2D eigenvalue weighted by Crippen LogP contribution is -2.56. The standard InChI is InChI=1S/C13H22N4/c1-9-2-3-12(15-8-9)10-4-13(5-10)6-11(7-13)16-17-14/h9-12,15H,2-8H2,1H3. The number of nitrogens with zero attached hydrogens (tertiary/aromatic N) is 3. The molecule has 1 heterocycles. The molecule has 2 atom stereocenters. The van der Waals surface area contributed by atoms with Crippen LogP contribution < -0.4 is 5.32 Å². The van der Waals surface area contributed by atoms with Crippen molar-refractivity contribution in [2.75, 3.05) is 6.54 Å². The number of hydrogen-bond donors (Lipinski definition) is 1. The Morgan fingerprint density at radius 2 is 2.00 bits per heavy atom. The quantitative estimate of drug-likeness (QED) is 0.445. The summed E-state index contributed by atoms with van der Waals surface area (Å²) >= 11 is 0. The summed E-state index contributed by atoms with van der Waals surface area (Å²) in [7, 11) is 0. The average molecular weight is 234 g/mol. The minimum absolute atomic E-state index is 0.306. The first kappa shape index (κ1) is 11.4. The van der Waals surface area contributed by atoms with Crippen molar-refractivity contribution < 1.29 is 0 Å². The van der Waals surface area contributed by atoms with Gasteiger partial charge in [0.15, 0.2) is 0 Å². The molecule has 0 aromatic carbocycles. The minimum atomic E-state index is 0.306. The molecule has 0 bridgehead atoms. The molecule has 0 amide bonds. The Morgan fingerprint density at radius 3 is 2.59 bits per heavy atom. The Kier molecular flexibility index (Phi) is 2.80. The molecular formula is C13H22N4. The predicted octanol–water partition coefficient (Wildman–Crippen LogP) is 3.24. The van der Waals surface area contributed by atoms with Gasteiger partial charge in [0.05, 0.1) is 0 Å². The Balaban J connectivity index is 1.45. The smallest absolute Gasteiger partial charge is 0.0384 e. The third-order valence-electron chi connectivity index (χ3n) is 5.21. The molecule has 3 fully saturated rings. The third-order valence-corrected chi connectivity index (χ3v) is 5.21. The molecule has 0 aromatic rings. The molecule has 3 aliphatic rings. The van der Waals surface area contributed by atoms with Gasteiger partial charge in [-0.3, -0.25) is 0 Å². The molecule has 4 heteroatoms. The van der Waals surface area contributed by atoms with Crippen molar-refractivity contribution in [1.29, 1.82) is 0 Å². The lowest BCUT2D eigenvalue weighted by Gasteiger charge is -2.59. The van der Waals surface area contributed by atoms with E-state index < -0.39 is 0 Å². The molecule has 3 rings (SSSR count). The highest BCUT2D eigenvalue weighted by Crippen LogP contribution is 2.60. The molecule has 2 aliphatic carbocycles. The topological polar surface area (TPSA) is 60.8 Å². The minimum Gasteiger partial charge on any atom is -0.313 e. The highest BCUT2D eigenvalue weighted by atomic mass is 15.2. The maximum absolute atomic E-state index is 8.39. The zero-order chi connectivity index (χ0) is 11.9. The molecule has 1 aliphatic heterocycles. The van der Waals surface area contributed by atoms with E-state index in [0.29, 0.717) is 11.5 Å². The summed E-state index contributed by atoms with van der Waals surface area (Å²) in [6, 6.07) is 1.08. The van der Waals surface area contributed by atoms with Crippen molar-refractivity contribution in [1.82, 2.24) is 5.32 Å². The molecule has 0 aromatic heterocycles. The summed E-state index contributed by atoms with van der Waals surface area (Å²) in [6.07, 6.45) is 7.80. The van der Waals surface area contributed by atoms with Crippen molar-refractivity contribution in [3.63, 3.8) is 0 Å². The Bertz CT molecular complexity index is 325. The van der Waals surface area contributed by atoms with Crippen LogP contribution in [0.25, 0.3) is 10.4 Å². The summed E-state index contributed by atoms with van der Waals surface area (Å²) in [5.74, 6) is 1.76. The number of rotatable bonds is 2. The average Bonchev–Trinajstić information content (AvgIpc) is 2.21. The second-order valence-corrected chi connectivity index (χ2v) is 6.63. The zero-order valence-electron chi connectivity index (χ0n) is 10.6. The maximum Gasteiger partial charge on any atom is 0.0384 e. The third kappa shape index (κ3) is 2.04. The van der Waals surface area contributed by atoms with Crippen LogP contribution in [0.15, 0.2) is 5.11 Å². The second kappa shape index (κ2) is 4.18. The van der Waals surface area contributed by atoms with Gasteiger partial charge in [-0.15, -0.1) is 0 Å². The number of hydrogen-bond acceptors (Lipinski definition) is 2. The largest absolute Gasteiger partial charge is 0.313 e. The lowest BCUT2D eigenvalue weighted by molar-refractivity contribution is -0.0573. The number of piperidine rings is 1. The van der Waals surface area contributed by atoms with Crippen LogP contribution in [0.3, 0.4) is 0 Å². The monoisotopic (exact) mass is 234 g/mol. The summed E-state index contributed by atoms with van der Waals surface area (Å²) in [5.41, 5.74) is 8.97. The van der Waals surface area contributed by atoms with Gasteiger partial charge >= 0.3 is 0 Å². The van der Waals surface area contributed by atoms with Crippen molar-refractivity contribution in [2.24, 2.45) is 22.4 Å². The molecular weight excluding hydrogens is 212 g/mol. The number of nitrogens with one attached hydrogen (secondary N) is 1. The molecule has 2 saturated carbocycles. The molecule has 17 heavy (non-hydrogen) atoms. The van der Waals surface area contributed by atoms with Crippen molar-refractivity contribution in [2.45, 2.75) is 57.5 Å². The van der Waals surface area contributed by atoms with Gasteiger partial charge in [-0.2, -0.15) is 0 Å². The molecule has 4 nitrogen and oxygen atoms in total. The highest BCUT2D eigenvalue weighted by Gasteiger charge is 2.54. The van der Waals surface area contributed by atoms with Gasteiger partial charge in [0, 0.05) is 17.0 Å². The fraction of sp³-hybridized carbons (Fsp3) is 1.00. The number of azide groups is 1. The molecule has 1 saturated heterocycles. The van der Waals surface area contributed by atoms with Gasteiger partial charge in [-0.05, 0) is 67.9 Å². The zero-order valence-corrected chi connectivity index (χ0v) is 10.6. The van der Waals surface area contributed by atoms with E-state index >= 15 is 0 Å². The molecule has 2 unspecified atom stereocenters. The second-order valence-electron chi connectivity index (χ2n) is 6.63. The Hall–Kier alpha value is -0.730. The van der Waals surface area contributed by atoms with Crippen LogP contribution >= 0.6 is 0 Å².